The van der Waals surface area contributed by atoms with Crippen molar-refractivity contribution in [1.29, 1.82) is 0 Å². The molecule has 1 unspecified atom stereocenters. The number of carboxylic acids is 1. The third-order valence-electron chi connectivity index (χ3n) is 8.60. The van der Waals surface area contributed by atoms with Crippen LogP contribution in [0, 0.1) is 5.41 Å². The molecule has 2 aliphatic carbocycles. The Balaban J connectivity index is 0.000000431. The van der Waals surface area contributed by atoms with E-state index in [0.29, 0.717) is 13.0 Å². The summed E-state index contributed by atoms with van der Waals surface area (Å²) in [4.78, 5) is 24.7. The van der Waals surface area contributed by atoms with Gasteiger partial charge in [0.2, 0.25) is 0 Å². The number of halogens is 3. The number of alkyl halides is 3. The van der Waals surface area contributed by atoms with E-state index in [4.69, 9.17) is 14.6 Å². The number of carbonyl (C=O) groups is 2. The predicted octanol–water partition coefficient (Wildman–Crippen LogP) is 6.29. The molecule has 41 heavy (non-hydrogen) atoms. The van der Waals surface area contributed by atoms with Crippen LogP contribution >= 0.6 is 0 Å². The lowest BCUT2D eigenvalue weighted by Crippen LogP contribution is -2.33. The summed E-state index contributed by atoms with van der Waals surface area (Å²) in [7, 11) is 0. The molecule has 218 valence electrons. The summed E-state index contributed by atoms with van der Waals surface area (Å²) in [6, 6.07) is 12.5. The maximum Gasteiger partial charge on any atom is 0.490 e. The van der Waals surface area contributed by atoms with Gasteiger partial charge in [-0.2, -0.15) is 18.3 Å². The van der Waals surface area contributed by atoms with Crippen molar-refractivity contribution in [1.82, 2.24) is 15.1 Å². The van der Waals surface area contributed by atoms with Crippen molar-refractivity contribution in [2.75, 3.05) is 26.2 Å². The van der Waals surface area contributed by atoms with Gasteiger partial charge in [0.15, 0.2) is 5.78 Å². The van der Waals surface area contributed by atoms with Crippen LogP contribution in [-0.4, -0.2) is 64.4 Å². The smallest absolute Gasteiger partial charge is 0.490 e. The number of nitrogens with one attached hydrogen (secondary N) is 1. The number of carboxylic acid groups (broad SMARTS) is 1. The van der Waals surface area contributed by atoms with Crippen LogP contribution in [0.3, 0.4) is 0 Å². The zero-order valence-corrected chi connectivity index (χ0v) is 23.0. The molecule has 1 fully saturated rings. The highest BCUT2D eigenvalue weighted by molar-refractivity contribution is 6.30. The van der Waals surface area contributed by atoms with Crippen LogP contribution in [0.1, 0.15) is 62.1 Å². The van der Waals surface area contributed by atoms with E-state index in [9.17, 15) is 18.0 Å². The third kappa shape index (κ3) is 5.88. The second kappa shape index (κ2) is 11.7. The van der Waals surface area contributed by atoms with Crippen molar-refractivity contribution in [3.63, 3.8) is 0 Å². The van der Waals surface area contributed by atoms with Gasteiger partial charge < -0.3 is 9.84 Å². The molecule has 0 amide bonds. The van der Waals surface area contributed by atoms with Gasteiger partial charge in [-0.3, -0.25) is 14.8 Å². The summed E-state index contributed by atoms with van der Waals surface area (Å²) >= 11 is 0. The zero-order valence-electron chi connectivity index (χ0n) is 23.0. The van der Waals surface area contributed by atoms with Crippen LogP contribution in [0.25, 0.3) is 22.0 Å². The fourth-order valence-corrected chi connectivity index (χ4v) is 6.42. The minimum atomic E-state index is -5.08. The second-order valence-electron chi connectivity index (χ2n) is 11.0. The standard InChI is InChI=1S/C29H33N3O2.C2HF3O2/c1-2-29-13-12-26(33)27(28(29)22-10-11-25-24(19-30-31-25)23(22)18-29)20-6-8-21(9-7-20)34-17-16-32-14-4-3-5-15-32;3-2(4,5)1(6)7/h6-11,19H,2-5,12-18H2,1H3,(H,30,31);(H,6,7). The molecule has 1 aromatic heterocycles. The molecular weight excluding hydrogens is 535 g/mol. The van der Waals surface area contributed by atoms with E-state index >= 15 is 0 Å². The number of allylic oxidation sites excluding steroid dienone is 2. The van der Waals surface area contributed by atoms with E-state index in [2.05, 4.69) is 46.3 Å². The van der Waals surface area contributed by atoms with E-state index < -0.39 is 12.1 Å². The fourth-order valence-electron chi connectivity index (χ4n) is 6.42. The molecule has 1 aliphatic heterocycles. The first-order valence-electron chi connectivity index (χ1n) is 14.1. The highest BCUT2D eigenvalue weighted by atomic mass is 19.4. The van der Waals surface area contributed by atoms with Gasteiger partial charge in [-0.15, -0.1) is 0 Å². The molecule has 2 N–H and O–H groups in total. The first-order chi connectivity index (χ1) is 19.6. The molecular formula is C31H34F3N3O4. The third-order valence-corrected chi connectivity index (χ3v) is 8.60. The Morgan fingerprint density at radius 2 is 1.83 bits per heavy atom. The number of rotatable bonds is 6. The Labute approximate surface area is 236 Å². The Bertz CT molecular complexity index is 1460. The lowest BCUT2D eigenvalue weighted by Gasteiger charge is -2.35. The van der Waals surface area contributed by atoms with Gasteiger partial charge in [0, 0.05) is 29.3 Å². The van der Waals surface area contributed by atoms with Crippen molar-refractivity contribution < 1.29 is 32.6 Å². The minimum absolute atomic E-state index is 0.0285. The molecule has 0 spiro atoms. The molecule has 2 aromatic carbocycles. The highest BCUT2D eigenvalue weighted by Gasteiger charge is 2.46. The number of aromatic nitrogens is 2. The van der Waals surface area contributed by atoms with Gasteiger partial charge in [0.25, 0.3) is 0 Å². The number of nitrogens with zero attached hydrogens (tertiary/aromatic N) is 2. The van der Waals surface area contributed by atoms with Crippen molar-refractivity contribution in [3.05, 3.63) is 59.3 Å². The summed E-state index contributed by atoms with van der Waals surface area (Å²) in [6.07, 6.45) is 4.36. The van der Waals surface area contributed by atoms with Gasteiger partial charge >= 0.3 is 12.1 Å². The molecule has 6 rings (SSSR count). The SMILES string of the molecule is CCC12CCC(=O)C(c3ccc(OCCN4CCCCC4)cc3)=C1c1ccc3[nH]ncc3c1C2.O=C(O)C(F)(F)F. The number of piperidine rings is 1. The van der Waals surface area contributed by atoms with E-state index in [1.807, 2.05) is 18.3 Å². The Morgan fingerprint density at radius 3 is 2.49 bits per heavy atom. The second-order valence-corrected chi connectivity index (χ2v) is 11.0. The molecule has 0 saturated carbocycles. The van der Waals surface area contributed by atoms with Crippen molar-refractivity contribution >= 4 is 33.8 Å². The van der Waals surface area contributed by atoms with Crippen LogP contribution in [0.15, 0.2) is 42.6 Å². The Kier molecular flexibility index (Phi) is 8.22. The van der Waals surface area contributed by atoms with Gasteiger partial charge in [-0.05, 0) is 85.7 Å². The number of Topliss-reactive ketones (excluding diaryl/α,β-unsaturated/α-hetero) is 1. The topological polar surface area (TPSA) is 95.5 Å². The number of fused-ring (bicyclic) bond motifs is 5. The highest BCUT2D eigenvalue weighted by Crippen LogP contribution is 2.58. The van der Waals surface area contributed by atoms with Crippen LogP contribution in [-0.2, 0) is 16.0 Å². The van der Waals surface area contributed by atoms with Crippen molar-refractivity contribution in [2.45, 2.75) is 58.0 Å². The predicted molar refractivity (Wildman–Crippen MR) is 149 cm³/mol. The number of ketones is 1. The van der Waals surface area contributed by atoms with E-state index in [0.717, 1.165) is 48.2 Å². The van der Waals surface area contributed by atoms with Crippen LogP contribution in [0.5, 0.6) is 5.75 Å². The zero-order chi connectivity index (χ0) is 29.2. The fraction of sp³-hybridized carbons (Fsp3) is 0.452. The average molecular weight is 570 g/mol. The summed E-state index contributed by atoms with van der Waals surface area (Å²) < 4.78 is 37.8. The summed E-state index contributed by atoms with van der Waals surface area (Å²) in [6.45, 7) is 6.33. The number of carbonyl (C=O) groups excluding carboxylic acids is 1. The molecule has 3 aromatic rings. The van der Waals surface area contributed by atoms with Gasteiger partial charge in [0.1, 0.15) is 12.4 Å². The summed E-state index contributed by atoms with van der Waals surface area (Å²) in [5, 5.41) is 15.7. The summed E-state index contributed by atoms with van der Waals surface area (Å²) in [5.74, 6) is -1.62. The quantitative estimate of drug-likeness (QED) is 0.363. The maximum absolute atomic E-state index is 13.3. The lowest BCUT2D eigenvalue weighted by molar-refractivity contribution is -0.192. The molecule has 1 atom stereocenters. The molecule has 10 heteroatoms. The first-order valence-corrected chi connectivity index (χ1v) is 14.1. The maximum atomic E-state index is 13.3. The Morgan fingerprint density at radius 1 is 1.12 bits per heavy atom. The molecule has 1 saturated heterocycles. The number of hydrogen-bond donors (Lipinski definition) is 2. The number of benzene rings is 2. The van der Waals surface area contributed by atoms with Crippen LogP contribution < -0.4 is 4.74 Å². The van der Waals surface area contributed by atoms with Gasteiger partial charge in [0.05, 0.1) is 11.7 Å². The van der Waals surface area contributed by atoms with Crippen LogP contribution in [0.2, 0.25) is 0 Å². The van der Waals surface area contributed by atoms with Gasteiger partial charge in [-0.1, -0.05) is 31.5 Å². The number of aromatic amines is 1. The number of likely N-dealkylation sites (tertiary alicyclic amines) is 1. The van der Waals surface area contributed by atoms with Crippen molar-refractivity contribution in [3.8, 4) is 5.75 Å². The molecule has 7 nitrogen and oxygen atoms in total. The monoisotopic (exact) mass is 569 g/mol. The van der Waals surface area contributed by atoms with E-state index in [1.165, 1.54) is 54.4 Å². The Hall–Kier alpha value is -3.66. The first kappa shape index (κ1) is 28.9. The minimum Gasteiger partial charge on any atom is -0.492 e. The van der Waals surface area contributed by atoms with E-state index in [1.54, 1.807) is 0 Å². The lowest BCUT2D eigenvalue weighted by atomic mass is 9.67. The largest absolute Gasteiger partial charge is 0.492 e. The molecule has 0 bridgehead atoms. The van der Waals surface area contributed by atoms with Crippen LogP contribution in [0.4, 0.5) is 13.2 Å². The number of hydrogen-bond acceptors (Lipinski definition) is 5. The summed E-state index contributed by atoms with van der Waals surface area (Å²) in [5.41, 5.74) is 6.86. The van der Waals surface area contributed by atoms with Gasteiger partial charge in [-0.25, -0.2) is 4.79 Å². The molecule has 2 heterocycles. The number of aliphatic carboxylic acids is 1. The normalized spacial score (nSPS) is 20.8. The average Bonchev–Trinajstić information content (AvgIpc) is 3.57. The number of ether oxygens (including phenoxy) is 1. The number of H-pyrrole nitrogens is 1. The molecule has 0 radical (unpaired) electrons. The van der Waals surface area contributed by atoms with E-state index in [-0.39, 0.29) is 11.2 Å². The van der Waals surface area contributed by atoms with Crippen molar-refractivity contribution in [2.24, 2.45) is 5.41 Å². The molecule has 3 aliphatic rings.